The van der Waals surface area contributed by atoms with Crippen molar-refractivity contribution in [3.05, 3.63) is 24.0 Å². The van der Waals surface area contributed by atoms with Crippen LogP contribution < -0.4 is 0 Å². The molecule has 1 aromatic heterocycles. The van der Waals surface area contributed by atoms with E-state index in [4.69, 9.17) is 9.47 Å². The van der Waals surface area contributed by atoms with Gasteiger partial charge in [-0.15, -0.1) is 0 Å². The summed E-state index contributed by atoms with van der Waals surface area (Å²) in [5, 5.41) is 4.25. The molecule has 0 aromatic carbocycles. The van der Waals surface area contributed by atoms with Crippen molar-refractivity contribution < 1.29 is 9.47 Å². The fourth-order valence-electron chi connectivity index (χ4n) is 2.98. The Labute approximate surface area is 108 Å². The van der Waals surface area contributed by atoms with E-state index in [0.29, 0.717) is 13.2 Å². The monoisotopic (exact) mass is 248 g/mol. The molecule has 1 spiro atoms. The maximum absolute atomic E-state index is 5.98. The first-order valence-electron chi connectivity index (χ1n) is 6.49. The molecule has 4 nitrogen and oxygen atoms in total. The fourth-order valence-corrected chi connectivity index (χ4v) is 2.98. The van der Waals surface area contributed by atoms with Crippen LogP contribution in [0.1, 0.15) is 32.4 Å². The SMILES string of the molecule is Cn1nccc1C1=CCC(C)(C)CC12OCCO2. The molecule has 2 aliphatic rings. The largest absolute Gasteiger partial charge is 0.343 e. The molecule has 2 heterocycles. The molecule has 0 amide bonds. The first-order valence-corrected chi connectivity index (χ1v) is 6.49. The third kappa shape index (κ3) is 1.80. The highest BCUT2D eigenvalue weighted by Gasteiger charge is 2.48. The highest BCUT2D eigenvalue weighted by Crippen LogP contribution is 2.48. The molecule has 0 N–H and O–H groups in total. The van der Waals surface area contributed by atoms with E-state index < -0.39 is 5.79 Å². The highest BCUT2D eigenvalue weighted by atomic mass is 16.7. The lowest BCUT2D eigenvalue weighted by Gasteiger charge is -2.41. The number of hydrogen-bond donors (Lipinski definition) is 0. The molecule has 98 valence electrons. The molecule has 1 aliphatic heterocycles. The topological polar surface area (TPSA) is 36.3 Å². The van der Waals surface area contributed by atoms with E-state index in [1.165, 1.54) is 0 Å². The Morgan fingerprint density at radius 2 is 2.00 bits per heavy atom. The average molecular weight is 248 g/mol. The van der Waals surface area contributed by atoms with E-state index in [0.717, 1.165) is 24.1 Å². The van der Waals surface area contributed by atoms with Gasteiger partial charge in [-0.2, -0.15) is 5.10 Å². The van der Waals surface area contributed by atoms with E-state index in [2.05, 4.69) is 25.0 Å². The second kappa shape index (κ2) is 3.93. The minimum absolute atomic E-state index is 0.215. The summed E-state index contributed by atoms with van der Waals surface area (Å²) in [5.74, 6) is -0.560. The van der Waals surface area contributed by atoms with Crippen molar-refractivity contribution in [2.75, 3.05) is 13.2 Å². The van der Waals surface area contributed by atoms with E-state index >= 15 is 0 Å². The lowest BCUT2D eigenvalue weighted by atomic mass is 9.74. The van der Waals surface area contributed by atoms with Gasteiger partial charge in [0.25, 0.3) is 0 Å². The van der Waals surface area contributed by atoms with Gasteiger partial charge in [0.1, 0.15) is 0 Å². The van der Waals surface area contributed by atoms with Gasteiger partial charge in [-0.1, -0.05) is 19.9 Å². The van der Waals surface area contributed by atoms with Crippen LogP contribution in [0, 0.1) is 5.41 Å². The third-order valence-corrected chi connectivity index (χ3v) is 3.83. The molecule has 4 heteroatoms. The molecule has 0 atom stereocenters. The number of allylic oxidation sites excluding steroid dienone is 1. The first-order chi connectivity index (χ1) is 8.53. The molecule has 0 saturated carbocycles. The number of hydrogen-bond acceptors (Lipinski definition) is 3. The molecular formula is C14H20N2O2. The molecule has 18 heavy (non-hydrogen) atoms. The Morgan fingerprint density at radius 3 is 2.61 bits per heavy atom. The first kappa shape index (κ1) is 11.9. The van der Waals surface area contributed by atoms with Gasteiger partial charge in [0.15, 0.2) is 5.79 Å². The van der Waals surface area contributed by atoms with Crippen LogP contribution in [-0.2, 0) is 16.5 Å². The van der Waals surface area contributed by atoms with Gasteiger partial charge in [0, 0.05) is 25.2 Å². The number of nitrogens with zero attached hydrogens (tertiary/aromatic N) is 2. The van der Waals surface area contributed by atoms with Crippen molar-refractivity contribution in [3.8, 4) is 0 Å². The maximum atomic E-state index is 5.98. The zero-order chi connectivity index (χ0) is 12.8. The van der Waals surface area contributed by atoms with Crippen LogP contribution in [0.2, 0.25) is 0 Å². The summed E-state index contributed by atoms with van der Waals surface area (Å²) >= 11 is 0. The fraction of sp³-hybridized carbons (Fsp3) is 0.643. The molecule has 0 radical (unpaired) electrons. The maximum Gasteiger partial charge on any atom is 0.197 e. The summed E-state index contributed by atoms with van der Waals surface area (Å²) < 4.78 is 13.8. The van der Waals surface area contributed by atoms with Crippen molar-refractivity contribution in [2.24, 2.45) is 12.5 Å². The number of aromatic nitrogens is 2. The number of aryl methyl sites for hydroxylation is 1. The van der Waals surface area contributed by atoms with Crippen molar-refractivity contribution in [2.45, 2.75) is 32.5 Å². The Bertz CT molecular complexity index is 482. The van der Waals surface area contributed by atoms with Crippen molar-refractivity contribution >= 4 is 5.57 Å². The van der Waals surface area contributed by atoms with Gasteiger partial charge in [-0.25, -0.2) is 0 Å². The van der Waals surface area contributed by atoms with Crippen molar-refractivity contribution in [1.29, 1.82) is 0 Å². The molecule has 0 unspecified atom stereocenters. The quantitative estimate of drug-likeness (QED) is 0.765. The minimum Gasteiger partial charge on any atom is -0.343 e. The summed E-state index contributed by atoms with van der Waals surface area (Å²) in [5.41, 5.74) is 2.44. The predicted octanol–water partition coefficient (Wildman–Crippen LogP) is 2.37. The second-order valence-electron chi connectivity index (χ2n) is 5.95. The number of ether oxygens (including phenoxy) is 2. The van der Waals surface area contributed by atoms with Gasteiger partial charge in [0.2, 0.25) is 0 Å². The molecular weight excluding hydrogens is 228 g/mol. The summed E-state index contributed by atoms with van der Waals surface area (Å²) in [6.45, 7) is 5.86. The zero-order valence-electron chi connectivity index (χ0n) is 11.3. The smallest absolute Gasteiger partial charge is 0.197 e. The second-order valence-corrected chi connectivity index (χ2v) is 5.95. The highest BCUT2D eigenvalue weighted by molar-refractivity contribution is 5.70. The lowest BCUT2D eigenvalue weighted by molar-refractivity contribution is -0.134. The van der Waals surface area contributed by atoms with Crippen LogP contribution in [0.3, 0.4) is 0 Å². The van der Waals surface area contributed by atoms with E-state index in [1.54, 1.807) is 0 Å². The molecule has 1 fully saturated rings. The van der Waals surface area contributed by atoms with Crippen molar-refractivity contribution in [1.82, 2.24) is 9.78 Å². The van der Waals surface area contributed by atoms with Gasteiger partial charge < -0.3 is 9.47 Å². The van der Waals surface area contributed by atoms with Gasteiger partial charge in [0.05, 0.1) is 18.9 Å². The van der Waals surface area contributed by atoms with Gasteiger partial charge >= 0.3 is 0 Å². The predicted molar refractivity (Wildman–Crippen MR) is 68.8 cm³/mol. The molecule has 0 bridgehead atoms. The van der Waals surface area contributed by atoms with Crippen LogP contribution in [0.5, 0.6) is 0 Å². The Kier molecular flexibility index (Phi) is 2.61. The Balaban J connectivity index is 2.06. The van der Waals surface area contributed by atoms with Crippen LogP contribution in [0.15, 0.2) is 18.3 Å². The summed E-state index contributed by atoms with van der Waals surface area (Å²) in [7, 11) is 1.96. The summed E-state index contributed by atoms with van der Waals surface area (Å²) in [6, 6.07) is 2.02. The summed E-state index contributed by atoms with van der Waals surface area (Å²) in [4.78, 5) is 0. The van der Waals surface area contributed by atoms with E-state index in [-0.39, 0.29) is 5.41 Å². The van der Waals surface area contributed by atoms with Gasteiger partial charge in [-0.3, -0.25) is 4.68 Å². The minimum atomic E-state index is -0.560. The van der Waals surface area contributed by atoms with Crippen LogP contribution in [-0.4, -0.2) is 28.8 Å². The molecule has 3 rings (SSSR count). The van der Waals surface area contributed by atoms with E-state index in [9.17, 15) is 0 Å². The standard InChI is InChI=1S/C14H20N2O2/c1-13(2)6-4-11(12-5-7-15-16(12)3)14(10-13)17-8-9-18-14/h4-5,7H,6,8-10H2,1-3H3. The molecule has 1 saturated heterocycles. The van der Waals surface area contributed by atoms with Crippen LogP contribution in [0.4, 0.5) is 0 Å². The lowest BCUT2D eigenvalue weighted by Crippen LogP contribution is -2.40. The van der Waals surface area contributed by atoms with Crippen LogP contribution in [0.25, 0.3) is 5.57 Å². The average Bonchev–Trinajstić information content (AvgIpc) is 2.89. The molecule has 1 aliphatic carbocycles. The molecule has 1 aromatic rings. The number of rotatable bonds is 1. The van der Waals surface area contributed by atoms with Gasteiger partial charge in [-0.05, 0) is 17.9 Å². The normalized spacial score (nSPS) is 25.4. The summed E-state index contributed by atoms with van der Waals surface area (Å²) in [6.07, 6.45) is 6.02. The Hall–Kier alpha value is -1.13. The Morgan fingerprint density at radius 1 is 1.28 bits per heavy atom. The third-order valence-electron chi connectivity index (χ3n) is 3.83. The van der Waals surface area contributed by atoms with E-state index in [1.807, 2.05) is 24.0 Å². The van der Waals surface area contributed by atoms with Crippen molar-refractivity contribution in [3.63, 3.8) is 0 Å². The van der Waals surface area contributed by atoms with Crippen LogP contribution >= 0.6 is 0 Å². The zero-order valence-corrected chi connectivity index (χ0v) is 11.3.